The summed E-state index contributed by atoms with van der Waals surface area (Å²) in [5.74, 6) is -0.260. The predicted molar refractivity (Wildman–Crippen MR) is 61.9 cm³/mol. The molecule has 1 aliphatic rings. The topological polar surface area (TPSA) is 82.8 Å². The summed E-state index contributed by atoms with van der Waals surface area (Å²) in [7, 11) is 0. The van der Waals surface area contributed by atoms with Crippen LogP contribution in [-0.4, -0.2) is 50.9 Å². The largest absolute Gasteiger partial charge is 0.388 e. The summed E-state index contributed by atoms with van der Waals surface area (Å²) in [4.78, 5) is 24.5. The van der Waals surface area contributed by atoms with Gasteiger partial charge in [0.05, 0.1) is 12.2 Å². The van der Waals surface area contributed by atoms with Gasteiger partial charge in [-0.3, -0.25) is 14.2 Å². The summed E-state index contributed by atoms with van der Waals surface area (Å²) in [5, 5.41) is 20.4. The molecule has 0 radical (unpaired) electrons. The fraction of sp³-hybridized carbons (Fsp3) is 0.600. The summed E-state index contributed by atoms with van der Waals surface area (Å²) < 4.78 is 1.39. The van der Waals surface area contributed by atoms with Gasteiger partial charge >= 0.3 is 4.87 Å². The Labute approximate surface area is 102 Å². The van der Waals surface area contributed by atoms with Gasteiger partial charge in [-0.2, -0.15) is 0 Å². The lowest BCUT2D eigenvalue weighted by atomic mass is 10.3. The number of carbonyl (C=O) groups excluding carboxylic acids is 1. The third kappa shape index (κ3) is 2.41. The van der Waals surface area contributed by atoms with Gasteiger partial charge in [0.25, 0.3) is 0 Å². The highest BCUT2D eigenvalue weighted by Crippen LogP contribution is 2.11. The normalized spacial score (nSPS) is 24.3. The molecule has 1 aromatic rings. The molecule has 0 unspecified atom stereocenters. The van der Waals surface area contributed by atoms with E-state index in [-0.39, 0.29) is 30.4 Å². The molecule has 17 heavy (non-hydrogen) atoms. The third-order valence-electron chi connectivity index (χ3n) is 2.88. The Morgan fingerprint density at radius 2 is 2.06 bits per heavy atom. The van der Waals surface area contributed by atoms with E-state index in [4.69, 9.17) is 0 Å². The summed E-state index contributed by atoms with van der Waals surface area (Å²) >= 11 is 1.05. The molecule has 0 aliphatic carbocycles. The molecule has 0 saturated carbocycles. The fourth-order valence-corrected chi connectivity index (χ4v) is 2.54. The molecule has 2 atom stereocenters. The number of β-amino-alcohol motifs (C(OH)–C–C–N with tert-alkyl or cyclic N) is 2. The van der Waals surface area contributed by atoms with Gasteiger partial charge in [-0.1, -0.05) is 11.3 Å². The molecule has 1 saturated heterocycles. The maximum Gasteiger partial charge on any atom is 0.307 e. The molecule has 6 nitrogen and oxygen atoms in total. The molecule has 0 spiro atoms. The maximum atomic E-state index is 11.9. The first kappa shape index (κ1) is 12.3. The number of nitrogens with zero attached hydrogens (tertiary/aromatic N) is 2. The van der Waals surface area contributed by atoms with E-state index in [0.717, 1.165) is 17.0 Å². The lowest BCUT2D eigenvalue weighted by Gasteiger charge is -2.15. The zero-order valence-electron chi connectivity index (χ0n) is 9.37. The first-order chi connectivity index (χ1) is 7.99. The average Bonchev–Trinajstić information content (AvgIpc) is 2.76. The molecular formula is C10H14N2O4S. The number of likely N-dealkylation sites (tertiary alicyclic amines) is 1. The van der Waals surface area contributed by atoms with Crippen LogP contribution in [0.25, 0.3) is 0 Å². The number of aliphatic hydroxyl groups excluding tert-OH is 2. The van der Waals surface area contributed by atoms with Gasteiger partial charge in [-0.25, -0.2) is 0 Å². The smallest absolute Gasteiger partial charge is 0.307 e. The molecule has 7 heteroatoms. The lowest BCUT2D eigenvalue weighted by molar-refractivity contribution is -0.131. The van der Waals surface area contributed by atoms with E-state index in [0.29, 0.717) is 0 Å². The van der Waals surface area contributed by atoms with E-state index in [1.807, 2.05) is 0 Å². The van der Waals surface area contributed by atoms with Crippen LogP contribution in [0.1, 0.15) is 5.69 Å². The Balaban J connectivity index is 2.06. The molecule has 1 aliphatic heterocycles. The standard InChI is InChI=1S/C10H14N2O4S/c1-6-5-17-10(16)12(6)4-9(15)11-2-7(13)8(14)3-11/h5,7-8,13-14H,2-4H2,1H3/t7-,8+. The van der Waals surface area contributed by atoms with Crippen molar-refractivity contribution < 1.29 is 15.0 Å². The first-order valence-corrected chi connectivity index (χ1v) is 6.16. The van der Waals surface area contributed by atoms with Gasteiger partial charge in [0.15, 0.2) is 0 Å². The number of hydrogen-bond donors (Lipinski definition) is 2. The maximum absolute atomic E-state index is 11.9. The van der Waals surface area contributed by atoms with E-state index in [2.05, 4.69) is 0 Å². The Hall–Kier alpha value is -1.18. The number of aliphatic hydroxyl groups is 2. The highest BCUT2D eigenvalue weighted by atomic mass is 32.1. The zero-order chi connectivity index (χ0) is 12.6. The van der Waals surface area contributed by atoms with Crippen molar-refractivity contribution >= 4 is 17.2 Å². The second-order valence-corrected chi connectivity index (χ2v) is 4.98. The second kappa shape index (κ2) is 4.59. The van der Waals surface area contributed by atoms with Crippen LogP contribution in [0.3, 0.4) is 0 Å². The molecule has 1 aromatic heterocycles. The van der Waals surface area contributed by atoms with Crippen molar-refractivity contribution in [3.05, 3.63) is 20.7 Å². The quantitative estimate of drug-likeness (QED) is 0.697. The number of aromatic nitrogens is 1. The van der Waals surface area contributed by atoms with Crippen molar-refractivity contribution in [2.24, 2.45) is 0 Å². The number of carbonyl (C=O) groups is 1. The van der Waals surface area contributed by atoms with Gasteiger partial charge in [-0.15, -0.1) is 0 Å². The number of aryl methyl sites for hydroxylation is 1. The minimum atomic E-state index is -0.890. The molecule has 0 bridgehead atoms. The highest BCUT2D eigenvalue weighted by Gasteiger charge is 2.32. The van der Waals surface area contributed by atoms with Crippen LogP contribution in [0.5, 0.6) is 0 Å². The van der Waals surface area contributed by atoms with Crippen LogP contribution < -0.4 is 4.87 Å². The summed E-state index contributed by atoms with van der Waals surface area (Å²) in [6.45, 7) is 1.97. The average molecular weight is 258 g/mol. The molecule has 2 rings (SSSR count). The van der Waals surface area contributed by atoms with Crippen molar-refractivity contribution in [1.29, 1.82) is 0 Å². The van der Waals surface area contributed by atoms with Crippen molar-refractivity contribution in [2.75, 3.05) is 13.1 Å². The molecule has 0 aromatic carbocycles. The third-order valence-corrected chi connectivity index (χ3v) is 3.76. The first-order valence-electron chi connectivity index (χ1n) is 5.28. The van der Waals surface area contributed by atoms with Gasteiger partial charge in [0, 0.05) is 24.2 Å². The van der Waals surface area contributed by atoms with Crippen molar-refractivity contribution in [2.45, 2.75) is 25.7 Å². The lowest BCUT2D eigenvalue weighted by Crippen LogP contribution is -2.35. The summed E-state index contributed by atoms with van der Waals surface area (Å²) in [5.41, 5.74) is 0.744. The molecule has 94 valence electrons. The van der Waals surface area contributed by atoms with Crippen LogP contribution >= 0.6 is 11.3 Å². The number of rotatable bonds is 2. The van der Waals surface area contributed by atoms with Crippen molar-refractivity contribution in [1.82, 2.24) is 9.47 Å². The van der Waals surface area contributed by atoms with Crippen LogP contribution in [0, 0.1) is 6.92 Å². The zero-order valence-corrected chi connectivity index (χ0v) is 10.2. The van der Waals surface area contributed by atoms with Crippen LogP contribution in [0.4, 0.5) is 0 Å². The minimum Gasteiger partial charge on any atom is -0.388 e. The molecule has 2 heterocycles. The van der Waals surface area contributed by atoms with E-state index >= 15 is 0 Å². The Morgan fingerprint density at radius 1 is 1.47 bits per heavy atom. The minimum absolute atomic E-state index is 0.0341. The molecular weight excluding hydrogens is 244 g/mol. The van der Waals surface area contributed by atoms with Crippen LogP contribution in [-0.2, 0) is 11.3 Å². The second-order valence-electron chi connectivity index (χ2n) is 4.16. The monoisotopic (exact) mass is 258 g/mol. The Kier molecular flexibility index (Phi) is 3.32. The van der Waals surface area contributed by atoms with Crippen LogP contribution in [0.2, 0.25) is 0 Å². The SMILES string of the molecule is Cc1csc(=O)n1CC(=O)N1C[C@@H](O)[C@@H](O)C1. The van der Waals surface area contributed by atoms with Crippen LogP contribution in [0.15, 0.2) is 10.2 Å². The van der Waals surface area contributed by atoms with Crippen molar-refractivity contribution in [3.63, 3.8) is 0 Å². The van der Waals surface area contributed by atoms with Gasteiger partial charge < -0.3 is 15.1 Å². The van der Waals surface area contributed by atoms with E-state index in [1.54, 1.807) is 12.3 Å². The Bertz CT molecular complexity index is 471. The molecule has 1 amide bonds. The van der Waals surface area contributed by atoms with E-state index in [9.17, 15) is 19.8 Å². The summed E-state index contributed by atoms with van der Waals surface area (Å²) in [6, 6.07) is 0. The van der Waals surface area contributed by atoms with Gasteiger partial charge in [0.1, 0.15) is 6.54 Å². The van der Waals surface area contributed by atoms with Gasteiger partial charge in [-0.05, 0) is 6.92 Å². The number of thiazole rings is 1. The van der Waals surface area contributed by atoms with E-state index in [1.165, 1.54) is 9.47 Å². The number of hydrogen-bond acceptors (Lipinski definition) is 5. The highest BCUT2D eigenvalue weighted by molar-refractivity contribution is 7.07. The predicted octanol–water partition coefficient (Wildman–Crippen LogP) is -1.22. The fourth-order valence-electron chi connectivity index (χ4n) is 1.80. The van der Waals surface area contributed by atoms with Crippen molar-refractivity contribution in [3.8, 4) is 0 Å². The molecule has 2 N–H and O–H groups in total. The van der Waals surface area contributed by atoms with Gasteiger partial charge in [0.2, 0.25) is 5.91 Å². The number of amides is 1. The van der Waals surface area contributed by atoms with E-state index < -0.39 is 12.2 Å². The molecule has 1 fully saturated rings. The Morgan fingerprint density at radius 3 is 2.53 bits per heavy atom. The summed E-state index contributed by atoms with van der Waals surface area (Å²) in [6.07, 6.45) is -1.78.